The van der Waals surface area contributed by atoms with Gasteiger partial charge in [-0.15, -0.1) is 0 Å². The van der Waals surface area contributed by atoms with Crippen molar-refractivity contribution in [2.75, 3.05) is 33.3 Å². The molecular weight excluding hydrogens is 300 g/mol. The summed E-state index contributed by atoms with van der Waals surface area (Å²) in [6.45, 7) is 12.2. The highest BCUT2D eigenvalue weighted by molar-refractivity contribution is 5.79. The Hall–Kier alpha value is -1.55. The van der Waals surface area contributed by atoms with E-state index in [4.69, 9.17) is 4.74 Å². The molecule has 0 bridgehead atoms. The van der Waals surface area contributed by atoms with E-state index in [1.165, 1.54) is 5.56 Å². The molecule has 1 aliphatic rings. The first-order valence-corrected chi connectivity index (χ1v) is 8.92. The molecule has 1 saturated heterocycles. The Morgan fingerprint density at radius 2 is 1.92 bits per heavy atom. The number of benzene rings is 1. The van der Waals surface area contributed by atoms with Gasteiger partial charge in [0.1, 0.15) is 5.75 Å². The average molecular weight is 332 g/mol. The Morgan fingerprint density at radius 3 is 2.38 bits per heavy atom. The number of methoxy groups -OCH3 is 1. The van der Waals surface area contributed by atoms with Crippen molar-refractivity contribution in [1.82, 2.24) is 10.2 Å². The molecule has 0 aliphatic carbocycles. The highest BCUT2D eigenvalue weighted by atomic mass is 16.5. The Morgan fingerprint density at radius 1 is 1.29 bits per heavy atom. The number of carbonyl (C=O) groups is 1. The molecule has 0 saturated carbocycles. The zero-order chi connectivity index (χ0) is 17.7. The lowest BCUT2D eigenvalue weighted by atomic mass is 9.87. The van der Waals surface area contributed by atoms with Gasteiger partial charge in [-0.2, -0.15) is 0 Å². The number of nitrogens with one attached hydrogen (secondary N) is 1. The van der Waals surface area contributed by atoms with Crippen LogP contribution in [0.4, 0.5) is 0 Å². The van der Waals surface area contributed by atoms with Crippen LogP contribution in [-0.2, 0) is 11.2 Å². The van der Waals surface area contributed by atoms with Gasteiger partial charge in [-0.05, 0) is 48.5 Å². The lowest BCUT2D eigenvalue weighted by Gasteiger charge is -2.37. The molecular formula is C20H32N2O2. The van der Waals surface area contributed by atoms with Crippen LogP contribution in [0.3, 0.4) is 0 Å². The van der Waals surface area contributed by atoms with Crippen molar-refractivity contribution < 1.29 is 9.53 Å². The maximum absolute atomic E-state index is 13.0. The van der Waals surface area contributed by atoms with E-state index < -0.39 is 0 Å². The van der Waals surface area contributed by atoms with Crippen molar-refractivity contribution in [2.45, 2.75) is 34.1 Å². The number of carbonyl (C=O) groups excluding carboxylic acids is 1. The first kappa shape index (κ1) is 18.8. The summed E-state index contributed by atoms with van der Waals surface area (Å²) in [5, 5.41) is 3.27. The minimum atomic E-state index is 0.101. The van der Waals surface area contributed by atoms with E-state index in [1.54, 1.807) is 7.11 Å². The van der Waals surface area contributed by atoms with Crippen molar-refractivity contribution >= 4 is 5.91 Å². The molecule has 134 valence electrons. The van der Waals surface area contributed by atoms with Gasteiger partial charge < -0.3 is 15.0 Å². The molecule has 0 aromatic heterocycles. The first-order valence-electron chi connectivity index (χ1n) is 8.92. The number of hydrogen-bond acceptors (Lipinski definition) is 3. The molecule has 0 radical (unpaired) electrons. The molecule has 4 heteroatoms. The molecule has 24 heavy (non-hydrogen) atoms. The van der Waals surface area contributed by atoms with Crippen LogP contribution < -0.4 is 10.1 Å². The fraction of sp³-hybridized carbons (Fsp3) is 0.650. The standard InChI is InChI=1S/C20H32N2O2/c1-15(17-12-21-13-17)19(23)22(14-20(2,3)4)11-10-16-6-8-18(24-5)9-7-16/h6-9,15,17,21H,10-14H2,1-5H3. The fourth-order valence-corrected chi connectivity index (χ4v) is 3.05. The molecule has 2 rings (SSSR count). The summed E-state index contributed by atoms with van der Waals surface area (Å²) in [5.74, 6) is 1.75. The zero-order valence-corrected chi connectivity index (χ0v) is 15.8. The number of hydrogen-bond donors (Lipinski definition) is 1. The summed E-state index contributed by atoms with van der Waals surface area (Å²) in [7, 11) is 1.68. The van der Waals surface area contributed by atoms with Crippen molar-refractivity contribution in [1.29, 1.82) is 0 Å². The van der Waals surface area contributed by atoms with Crippen LogP contribution in [0.1, 0.15) is 33.3 Å². The Balaban J connectivity index is 2.00. The molecule has 1 atom stereocenters. The van der Waals surface area contributed by atoms with Gasteiger partial charge in [0, 0.05) is 19.0 Å². The van der Waals surface area contributed by atoms with Crippen molar-refractivity contribution in [2.24, 2.45) is 17.3 Å². The third kappa shape index (κ3) is 5.23. The van der Waals surface area contributed by atoms with Crippen LogP contribution in [0, 0.1) is 17.3 Å². The third-order valence-electron chi connectivity index (χ3n) is 4.72. The van der Waals surface area contributed by atoms with Crippen LogP contribution in [-0.4, -0.2) is 44.1 Å². The Bertz CT molecular complexity index is 530. The summed E-state index contributed by atoms with van der Waals surface area (Å²) < 4.78 is 5.20. The molecule has 1 aliphatic heterocycles. The highest BCUT2D eigenvalue weighted by Crippen LogP contribution is 2.22. The first-order chi connectivity index (χ1) is 11.3. The maximum Gasteiger partial charge on any atom is 0.225 e. The second kappa shape index (κ2) is 8.02. The lowest BCUT2D eigenvalue weighted by molar-refractivity contribution is -0.138. The van der Waals surface area contributed by atoms with E-state index in [1.807, 2.05) is 12.1 Å². The van der Waals surface area contributed by atoms with Gasteiger partial charge in [0.2, 0.25) is 5.91 Å². The number of amides is 1. The summed E-state index contributed by atoms with van der Waals surface area (Å²) >= 11 is 0. The van der Waals surface area contributed by atoms with Crippen LogP contribution in [0.15, 0.2) is 24.3 Å². The van der Waals surface area contributed by atoms with Crippen molar-refractivity contribution in [3.63, 3.8) is 0 Å². The predicted octanol–water partition coefficient (Wildman–Crippen LogP) is 2.97. The van der Waals surface area contributed by atoms with Gasteiger partial charge in [-0.25, -0.2) is 0 Å². The van der Waals surface area contributed by atoms with Crippen LogP contribution in [0.2, 0.25) is 0 Å². The van der Waals surface area contributed by atoms with E-state index in [-0.39, 0.29) is 11.3 Å². The summed E-state index contributed by atoms with van der Waals surface area (Å²) in [4.78, 5) is 15.0. The normalized spacial score (nSPS) is 16.4. The lowest BCUT2D eigenvalue weighted by Crippen LogP contribution is -2.51. The van der Waals surface area contributed by atoms with E-state index in [2.05, 4.69) is 50.0 Å². The molecule has 1 aromatic carbocycles. The molecule has 1 fully saturated rings. The van der Waals surface area contributed by atoms with E-state index >= 15 is 0 Å². The Kier molecular flexibility index (Phi) is 6.27. The molecule has 1 amide bonds. The zero-order valence-electron chi connectivity index (χ0n) is 15.8. The molecule has 1 N–H and O–H groups in total. The van der Waals surface area contributed by atoms with Crippen molar-refractivity contribution in [3.8, 4) is 5.75 Å². The van der Waals surface area contributed by atoms with Crippen LogP contribution in [0.5, 0.6) is 5.75 Å². The molecule has 1 heterocycles. The highest BCUT2D eigenvalue weighted by Gasteiger charge is 2.32. The average Bonchev–Trinajstić information content (AvgIpc) is 2.48. The van der Waals surface area contributed by atoms with E-state index in [9.17, 15) is 4.79 Å². The minimum absolute atomic E-state index is 0.101. The van der Waals surface area contributed by atoms with E-state index in [0.717, 1.165) is 38.3 Å². The second-order valence-corrected chi connectivity index (χ2v) is 8.13. The van der Waals surface area contributed by atoms with Gasteiger partial charge >= 0.3 is 0 Å². The molecule has 1 aromatic rings. The van der Waals surface area contributed by atoms with Crippen LogP contribution >= 0.6 is 0 Å². The van der Waals surface area contributed by atoms with Crippen LogP contribution in [0.25, 0.3) is 0 Å². The fourth-order valence-electron chi connectivity index (χ4n) is 3.05. The SMILES string of the molecule is COc1ccc(CCN(CC(C)(C)C)C(=O)C(C)C2CNC2)cc1. The maximum atomic E-state index is 13.0. The number of nitrogens with zero attached hydrogens (tertiary/aromatic N) is 1. The quantitative estimate of drug-likeness (QED) is 0.835. The van der Waals surface area contributed by atoms with Gasteiger partial charge in [-0.3, -0.25) is 4.79 Å². The molecule has 0 spiro atoms. The summed E-state index contributed by atoms with van der Waals surface area (Å²) in [5.41, 5.74) is 1.34. The van der Waals surface area contributed by atoms with Gasteiger partial charge in [0.15, 0.2) is 0 Å². The number of rotatable bonds is 7. The number of ether oxygens (including phenoxy) is 1. The molecule has 1 unspecified atom stereocenters. The third-order valence-corrected chi connectivity index (χ3v) is 4.72. The monoisotopic (exact) mass is 332 g/mol. The van der Waals surface area contributed by atoms with Crippen molar-refractivity contribution in [3.05, 3.63) is 29.8 Å². The summed E-state index contributed by atoms with van der Waals surface area (Å²) in [6, 6.07) is 8.12. The molecule has 4 nitrogen and oxygen atoms in total. The summed E-state index contributed by atoms with van der Waals surface area (Å²) in [6.07, 6.45) is 0.876. The van der Waals surface area contributed by atoms with Gasteiger partial charge in [-0.1, -0.05) is 39.8 Å². The largest absolute Gasteiger partial charge is 0.497 e. The van der Waals surface area contributed by atoms with Gasteiger partial charge in [0.25, 0.3) is 0 Å². The second-order valence-electron chi connectivity index (χ2n) is 8.13. The Labute approximate surface area is 146 Å². The van der Waals surface area contributed by atoms with E-state index in [0.29, 0.717) is 11.8 Å². The van der Waals surface area contributed by atoms with Gasteiger partial charge in [0.05, 0.1) is 7.11 Å². The topological polar surface area (TPSA) is 41.6 Å². The smallest absolute Gasteiger partial charge is 0.225 e. The predicted molar refractivity (Wildman–Crippen MR) is 98.3 cm³/mol. The minimum Gasteiger partial charge on any atom is -0.497 e.